The van der Waals surface area contributed by atoms with E-state index in [1.54, 1.807) is 6.07 Å². The Kier molecular flexibility index (Phi) is 3.61. The lowest BCUT2D eigenvalue weighted by Gasteiger charge is -2.17. The van der Waals surface area contributed by atoms with Crippen molar-refractivity contribution >= 4 is 5.69 Å². The van der Waals surface area contributed by atoms with E-state index in [1.165, 1.54) is 6.07 Å². The first-order chi connectivity index (χ1) is 7.06. The fraction of sp³-hybridized carbons (Fsp3) is 0.300. The first-order valence-electron chi connectivity index (χ1n) is 4.34. The summed E-state index contributed by atoms with van der Waals surface area (Å²) in [5.41, 5.74) is 5.74. The number of anilines is 1. The van der Waals surface area contributed by atoms with E-state index in [4.69, 9.17) is 11.0 Å². The van der Waals surface area contributed by atoms with Gasteiger partial charge in [-0.05, 0) is 12.1 Å². The Morgan fingerprint density at radius 2 is 2.13 bits per heavy atom. The molecule has 1 rings (SSSR count). The lowest BCUT2D eigenvalue weighted by Crippen LogP contribution is -2.18. The number of nitrogens with two attached hydrogens (primary N) is 1. The van der Waals surface area contributed by atoms with Crippen molar-refractivity contribution in [2.75, 3.05) is 5.73 Å². The van der Waals surface area contributed by atoms with Crippen molar-refractivity contribution in [1.29, 1.82) is 5.26 Å². The molecule has 80 valence electrons. The van der Waals surface area contributed by atoms with Crippen LogP contribution in [0, 0.1) is 17.1 Å². The number of hydrogen-bond donors (Lipinski definition) is 3. The predicted octanol–water partition coefficient (Wildman–Crippen LogP) is 0.716. The molecule has 2 atom stereocenters. The largest absolute Gasteiger partial charge is 0.398 e. The van der Waals surface area contributed by atoms with Crippen molar-refractivity contribution in [3.8, 4) is 6.07 Å². The van der Waals surface area contributed by atoms with Crippen LogP contribution in [0.4, 0.5) is 10.1 Å². The SMILES string of the molecule is N#CCC(O)C(O)c1ccc(F)cc1N. The van der Waals surface area contributed by atoms with Crippen molar-refractivity contribution in [2.45, 2.75) is 18.6 Å². The van der Waals surface area contributed by atoms with E-state index in [1.807, 2.05) is 0 Å². The van der Waals surface area contributed by atoms with Gasteiger partial charge in [-0.25, -0.2) is 4.39 Å². The Hall–Kier alpha value is -1.64. The fourth-order valence-corrected chi connectivity index (χ4v) is 1.23. The molecule has 0 aliphatic heterocycles. The third-order valence-electron chi connectivity index (χ3n) is 2.03. The summed E-state index contributed by atoms with van der Waals surface area (Å²) in [6, 6.07) is 5.20. The van der Waals surface area contributed by atoms with Gasteiger partial charge in [0.15, 0.2) is 0 Å². The van der Waals surface area contributed by atoms with E-state index >= 15 is 0 Å². The number of rotatable bonds is 3. The molecular formula is C10H11FN2O2. The summed E-state index contributed by atoms with van der Waals surface area (Å²) in [4.78, 5) is 0. The van der Waals surface area contributed by atoms with Gasteiger partial charge in [0.05, 0.1) is 18.6 Å². The first kappa shape index (κ1) is 11.4. The second-order valence-electron chi connectivity index (χ2n) is 3.15. The van der Waals surface area contributed by atoms with E-state index in [9.17, 15) is 14.6 Å². The highest BCUT2D eigenvalue weighted by Gasteiger charge is 2.20. The molecule has 0 aromatic heterocycles. The normalized spacial score (nSPS) is 14.3. The van der Waals surface area contributed by atoms with Crippen LogP contribution >= 0.6 is 0 Å². The minimum Gasteiger partial charge on any atom is -0.398 e. The molecule has 4 N–H and O–H groups in total. The van der Waals surface area contributed by atoms with E-state index in [2.05, 4.69) is 0 Å². The van der Waals surface area contributed by atoms with E-state index in [0.717, 1.165) is 12.1 Å². The third kappa shape index (κ3) is 2.65. The van der Waals surface area contributed by atoms with Gasteiger partial charge in [-0.3, -0.25) is 0 Å². The van der Waals surface area contributed by atoms with Crippen LogP contribution in [0.15, 0.2) is 18.2 Å². The van der Waals surface area contributed by atoms with E-state index < -0.39 is 18.0 Å². The average molecular weight is 210 g/mol. The highest BCUT2D eigenvalue weighted by Crippen LogP contribution is 2.24. The number of nitrogen functional groups attached to an aromatic ring is 1. The molecule has 4 nitrogen and oxygen atoms in total. The van der Waals surface area contributed by atoms with Crippen LogP contribution in [0.25, 0.3) is 0 Å². The van der Waals surface area contributed by atoms with E-state index in [0.29, 0.717) is 0 Å². The number of hydrogen-bond acceptors (Lipinski definition) is 4. The summed E-state index contributed by atoms with van der Waals surface area (Å²) in [5, 5.41) is 27.3. The predicted molar refractivity (Wildman–Crippen MR) is 52.0 cm³/mol. The first-order valence-corrected chi connectivity index (χ1v) is 4.34. The van der Waals surface area contributed by atoms with Crippen LogP contribution in [-0.4, -0.2) is 16.3 Å². The molecule has 15 heavy (non-hydrogen) atoms. The molecule has 0 heterocycles. The van der Waals surface area contributed by atoms with Crippen LogP contribution in [-0.2, 0) is 0 Å². The molecule has 0 radical (unpaired) electrons. The Labute approximate surface area is 86.4 Å². The van der Waals surface area contributed by atoms with Crippen LogP contribution in [0.1, 0.15) is 18.1 Å². The number of benzene rings is 1. The van der Waals surface area contributed by atoms with Crippen LogP contribution in [0.2, 0.25) is 0 Å². The Balaban J connectivity index is 2.91. The van der Waals surface area contributed by atoms with Gasteiger partial charge in [-0.2, -0.15) is 5.26 Å². The second kappa shape index (κ2) is 4.73. The number of nitriles is 1. The zero-order valence-corrected chi connectivity index (χ0v) is 7.89. The molecule has 0 saturated heterocycles. The smallest absolute Gasteiger partial charge is 0.125 e. The van der Waals surface area contributed by atoms with Crippen molar-refractivity contribution in [1.82, 2.24) is 0 Å². The molecule has 0 aliphatic rings. The topological polar surface area (TPSA) is 90.3 Å². The molecule has 0 bridgehead atoms. The summed E-state index contributed by atoms with van der Waals surface area (Å²) in [5.74, 6) is -0.516. The van der Waals surface area contributed by atoms with Crippen LogP contribution in [0.3, 0.4) is 0 Å². The van der Waals surface area contributed by atoms with Crippen molar-refractivity contribution in [3.63, 3.8) is 0 Å². The molecule has 1 aromatic rings. The maximum atomic E-state index is 12.7. The second-order valence-corrected chi connectivity index (χ2v) is 3.15. The zero-order chi connectivity index (χ0) is 11.4. The molecule has 0 aliphatic carbocycles. The lowest BCUT2D eigenvalue weighted by atomic mass is 10.0. The molecular weight excluding hydrogens is 199 g/mol. The van der Waals surface area contributed by atoms with Crippen molar-refractivity contribution < 1.29 is 14.6 Å². The molecule has 0 fully saturated rings. The van der Waals surface area contributed by atoms with Crippen molar-refractivity contribution in [2.24, 2.45) is 0 Å². The molecule has 0 saturated carbocycles. The number of halogens is 1. The standard InChI is InChI=1S/C10H11FN2O2/c11-6-1-2-7(8(13)5-6)10(15)9(14)3-4-12/h1-2,5,9-10,14-15H,3,13H2. The Morgan fingerprint density at radius 1 is 1.47 bits per heavy atom. The van der Waals surface area contributed by atoms with Gasteiger partial charge in [0.2, 0.25) is 0 Å². The Bertz CT molecular complexity index is 389. The minimum atomic E-state index is -1.27. The molecule has 0 spiro atoms. The zero-order valence-electron chi connectivity index (χ0n) is 7.89. The highest BCUT2D eigenvalue weighted by atomic mass is 19.1. The summed E-state index contributed by atoms with van der Waals surface area (Å²) >= 11 is 0. The average Bonchev–Trinajstić information content (AvgIpc) is 2.17. The third-order valence-corrected chi connectivity index (χ3v) is 2.03. The summed E-state index contributed by atoms with van der Waals surface area (Å²) in [6.07, 6.45) is -2.70. The Morgan fingerprint density at radius 3 is 2.67 bits per heavy atom. The number of nitrogens with zero attached hydrogens (tertiary/aromatic N) is 1. The molecule has 2 unspecified atom stereocenters. The minimum absolute atomic E-state index is 0.0551. The highest BCUT2D eigenvalue weighted by molar-refractivity contribution is 5.48. The number of aliphatic hydroxyl groups excluding tert-OH is 2. The summed E-state index contributed by atoms with van der Waals surface area (Å²) < 4.78 is 12.7. The van der Waals surface area contributed by atoms with Gasteiger partial charge in [0, 0.05) is 11.3 Å². The van der Waals surface area contributed by atoms with Gasteiger partial charge >= 0.3 is 0 Å². The van der Waals surface area contributed by atoms with Gasteiger partial charge in [-0.15, -0.1) is 0 Å². The van der Waals surface area contributed by atoms with Gasteiger partial charge in [0.1, 0.15) is 11.9 Å². The maximum Gasteiger partial charge on any atom is 0.125 e. The molecule has 0 amide bonds. The monoisotopic (exact) mass is 210 g/mol. The quantitative estimate of drug-likeness (QED) is 0.641. The maximum absolute atomic E-state index is 12.7. The summed E-state index contributed by atoms with van der Waals surface area (Å²) in [6.45, 7) is 0. The lowest BCUT2D eigenvalue weighted by molar-refractivity contribution is 0.0220. The van der Waals surface area contributed by atoms with Gasteiger partial charge in [0.25, 0.3) is 0 Å². The fourth-order valence-electron chi connectivity index (χ4n) is 1.23. The number of aliphatic hydroxyl groups is 2. The molecule has 5 heteroatoms. The summed E-state index contributed by atoms with van der Waals surface area (Å²) in [7, 11) is 0. The van der Waals surface area contributed by atoms with Gasteiger partial charge in [-0.1, -0.05) is 6.07 Å². The van der Waals surface area contributed by atoms with Crippen molar-refractivity contribution in [3.05, 3.63) is 29.6 Å². The van der Waals surface area contributed by atoms with Crippen LogP contribution in [0.5, 0.6) is 0 Å². The van der Waals surface area contributed by atoms with Gasteiger partial charge < -0.3 is 15.9 Å². The van der Waals surface area contributed by atoms with E-state index in [-0.39, 0.29) is 17.7 Å². The molecule has 1 aromatic carbocycles. The van der Waals surface area contributed by atoms with Crippen LogP contribution < -0.4 is 5.73 Å².